The van der Waals surface area contributed by atoms with Gasteiger partial charge < -0.3 is 14.2 Å². The minimum atomic E-state index is -0.543. The van der Waals surface area contributed by atoms with Gasteiger partial charge in [0, 0.05) is 12.3 Å². The molecule has 1 aromatic carbocycles. The van der Waals surface area contributed by atoms with Gasteiger partial charge in [0.25, 0.3) is 0 Å². The lowest BCUT2D eigenvalue weighted by molar-refractivity contribution is -0.149. The van der Waals surface area contributed by atoms with Crippen LogP contribution in [0.3, 0.4) is 0 Å². The molecule has 1 fully saturated rings. The summed E-state index contributed by atoms with van der Waals surface area (Å²) in [7, 11) is 0. The predicted octanol–water partition coefficient (Wildman–Crippen LogP) is 4.72. The van der Waals surface area contributed by atoms with E-state index < -0.39 is 5.79 Å². The second-order valence-corrected chi connectivity index (χ2v) is 8.56. The van der Waals surface area contributed by atoms with E-state index in [4.69, 9.17) is 19.2 Å². The van der Waals surface area contributed by atoms with Crippen LogP contribution in [0.4, 0.5) is 0 Å². The van der Waals surface area contributed by atoms with Gasteiger partial charge in [-0.2, -0.15) is 0 Å². The number of fused-ring (bicyclic) bond motifs is 1. The number of hydrogen-bond acceptors (Lipinski definition) is 4. The van der Waals surface area contributed by atoms with E-state index in [-0.39, 0.29) is 16.9 Å². The average Bonchev–Trinajstić information content (AvgIpc) is 3.25. The Morgan fingerprint density at radius 3 is 2.56 bits per heavy atom. The Balaban J connectivity index is 1.76. The highest BCUT2D eigenvalue weighted by Crippen LogP contribution is 2.51. The van der Waals surface area contributed by atoms with E-state index in [1.807, 2.05) is 13.0 Å². The molecule has 0 unspecified atom stereocenters. The van der Waals surface area contributed by atoms with Crippen molar-refractivity contribution in [2.75, 3.05) is 19.8 Å². The Morgan fingerprint density at radius 2 is 1.89 bits per heavy atom. The van der Waals surface area contributed by atoms with Crippen molar-refractivity contribution in [3.8, 4) is 0 Å². The number of allylic oxidation sites excluding steroid dienone is 1. The van der Waals surface area contributed by atoms with Crippen molar-refractivity contribution in [2.45, 2.75) is 50.9 Å². The van der Waals surface area contributed by atoms with Crippen LogP contribution in [0.15, 0.2) is 48.0 Å². The highest BCUT2D eigenvalue weighted by atomic mass is 16.7. The van der Waals surface area contributed by atoms with Crippen LogP contribution in [0, 0.1) is 5.41 Å². The van der Waals surface area contributed by atoms with Crippen LogP contribution in [0.1, 0.15) is 50.7 Å². The van der Waals surface area contributed by atoms with Crippen LogP contribution in [0.25, 0.3) is 6.08 Å². The molecule has 1 aliphatic carbocycles. The van der Waals surface area contributed by atoms with Gasteiger partial charge in [-0.25, -0.2) is 4.99 Å². The third-order valence-electron chi connectivity index (χ3n) is 5.94. The van der Waals surface area contributed by atoms with Gasteiger partial charge in [-0.1, -0.05) is 42.5 Å². The first-order valence-corrected chi connectivity index (χ1v) is 9.79. The molecule has 2 atom stereocenters. The van der Waals surface area contributed by atoms with Crippen LogP contribution in [-0.2, 0) is 14.2 Å². The zero-order valence-corrected chi connectivity index (χ0v) is 16.5. The number of aliphatic imine (C=N–C) groups is 1. The third-order valence-corrected chi connectivity index (χ3v) is 5.94. The topological polar surface area (TPSA) is 40.0 Å². The van der Waals surface area contributed by atoms with Gasteiger partial charge in [-0.3, -0.25) is 0 Å². The fourth-order valence-electron chi connectivity index (χ4n) is 4.41. The summed E-state index contributed by atoms with van der Waals surface area (Å²) in [5, 5.41) is 0. The van der Waals surface area contributed by atoms with E-state index in [9.17, 15) is 0 Å². The van der Waals surface area contributed by atoms with E-state index in [2.05, 4.69) is 56.8 Å². The summed E-state index contributed by atoms with van der Waals surface area (Å²) in [4.78, 5) is 4.97. The van der Waals surface area contributed by atoms with Crippen LogP contribution in [0.5, 0.6) is 0 Å². The lowest BCUT2D eigenvalue weighted by atomic mass is 9.64. The summed E-state index contributed by atoms with van der Waals surface area (Å²) in [6.45, 7) is 12.3. The summed E-state index contributed by atoms with van der Waals surface area (Å²) < 4.78 is 17.9. The Morgan fingerprint density at radius 1 is 1.15 bits per heavy atom. The molecule has 4 heteroatoms. The Bertz CT molecular complexity index is 789. The largest absolute Gasteiger partial charge is 0.478 e. The Kier molecular flexibility index (Phi) is 4.52. The Labute approximate surface area is 161 Å². The molecule has 0 amide bonds. The van der Waals surface area contributed by atoms with Crippen molar-refractivity contribution in [1.82, 2.24) is 0 Å². The molecule has 3 aliphatic rings. The van der Waals surface area contributed by atoms with Crippen LogP contribution in [-0.4, -0.2) is 37.0 Å². The van der Waals surface area contributed by atoms with Crippen molar-refractivity contribution in [3.63, 3.8) is 0 Å². The van der Waals surface area contributed by atoms with Gasteiger partial charge in [-0.05, 0) is 38.3 Å². The molecule has 1 aromatic rings. The smallest absolute Gasteiger partial charge is 0.195 e. The molecule has 4 nitrogen and oxygen atoms in total. The predicted molar refractivity (Wildman–Crippen MR) is 108 cm³/mol. The highest BCUT2D eigenvalue weighted by molar-refractivity contribution is 5.90. The van der Waals surface area contributed by atoms with E-state index in [1.54, 1.807) is 0 Å². The number of nitrogens with zero attached hydrogens (tertiary/aromatic N) is 1. The molecule has 0 bridgehead atoms. The van der Waals surface area contributed by atoms with E-state index in [1.165, 1.54) is 11.1 Å². The number of hydrogen-bond donors (Lipinski definition) is 0. The fraction of sp³-hybridized carbons (Fsp3) is 0.522. The van der Waals surface area contributed by atoms with E-state index >= 15 is 0 Å². The Hall–Kier alpha value is -1.91. The third kappa shape index (κ3) is 3.26. The molecular weight excluding hydrogens is 338 g/mol. The standard InChI is InChI=1S/C23H29NO3/c1-5-19-18-9-7-6-8-17(18)10-11-23(19,20-24-21(2,3)16-25-20)13-12-22(4)26-14-15-27-22/h5-11,19H,1,12-16H2,2-4H3/t19-,23-/m1/s1. The SMILES string of the molecule is C=C[C@@H]1c2ccccc2C=C[C@]1(CCC1(C)OCCO1)C1=NC(C)(C)CO1. The lowest BCUT2D eigenvalue weighted by Gasteiger charge is -2.41. The zero-order chi connectivity index (χ0) is 19.1. The van der Waals surface area contributed by atoms with Crippen molar-refractivity contribution in [1.29, 1.82) is 0 Å². The minimum Gasteiger partial charge on any atom is -0.478 e. The molecule has 27 heavy (non-hydrogen) atoms. The second-order valence-electron chi connectivity index (χ2n) is 8.56. The number of ether oxygens (including phenoxy) is 3. The lowest BCUT2D eigenvalue weighted by Crippen LogP contribution is -2.39. The van der Waals surface area contributed by atoms with Crippen LogP contribution < -0.4 is 0 Å². The monoisotopic (exact) mass is 367 g/mol. The molecule has 0 N–H and O–H groups in total. The van der Waals surface area contributed by atoms with Crippen LogP contribution in [0.2, 0.25) is 0 Å². The maximum atomic E-state index is 6.18. The quantitative estimate of drug-likeness (QED) is 0.707. The molecule has 144 valence electrons. The molecule has 0 spiro atoms. The fourth-order valence-corrected chi connectivity index (χ4v) is 4.41. The molecule has 0 aromatic heterocycles. The van der Waals surface area contributed by atoms with Gasteiger partial charge in [0.05, 0.1) is 24.2 Å². The molecule has 1 saturated heterocycles. The molecule has 2 heterocycles. The molecule has 4 rings (SSSR count). The van der Waals surface area contributed by atoms with Crippen molar-refractivity contribution in [2.24, 2.45) is 10.4 Å². The van der Waals surface area contributed by atoms with Crippen molar-refractivity contribution >= 4 is 12.0 Å². The summed E-state index contributed by atoms with van der Waals surface area (Å²) in [6.07, 6.45) is 8.09. The maximum absolute atomic E-state index is 6.18. The summed E-state index contributed by atoms with van der Waals surface area (Å²) in [5.74, 6) is 0.360. The summed E-state index contributed by atoms with van der Waals surface area (Å²) in [6, 6.07) is 8.50. The van der Waals surface area contributed by atoms with Gasteiger partial charge >= 0.3 is 0 Å². The van der Waals surface area contributed by atoms with Gasteiger partial charge in [0.2, 0.25) is 0 Å². The molecule has 0 radical (unpaired) electrons. The number of rotatable bonds is 5. The van der Waals surface area contributed by atoms with E-state index in [0.717, 1.165) is 18.7 Å². The molecule has 2 aliphatic heterocycles. The second kappa shape index (κ2) is 6.61. The first-order valence-electron chi connectivity index (χ1n) is 9.79. The summed E-state index contributed by atoms with van der Waals surface area (Å²) >= 11 is 0. The zero-order valence-electron chi connectivity index (χ0n) is 16.5. The molecule has 0 saturated carbocycles. The van der Waals surface area contributed by atoms with Gasteiger partial charge in [0.15, 0.2) is 11.7 Å². The number of benzene rings is 1. The van der Waals surface area contributed by atoms with Crippen LogP contribution >= 0.6 is 0 Å². The maximum Gasteiger partial charge on any atom is 0.195 e. The average molecular weight is 367 g/mol. The highest BCUT2D eigenvalue weighted by Gasteiger charge is 2.49. The first kappa shape index (κ1) is 18.5. The minimum absolute atomic E-state index is 0.0938. The van der Waals surface area contributed by atoms with Crippen molar-refractivity contribution in [3.05, 3.63) is 54.1 Å². The first-order chi connectivity index (χ1) is 12.9. The summed E-state index contributed by atoms with van der Waals surface area (Å²) in [5.41, 5.74) is 1.92. The molecular formula is C23H29NO3. The van der Waals surface area contributed by atoms with Gasteiger partial charge in [-0.15, -0.1) is 6.58 Å². The van der Waals surface area contributed by atoms with Gasteiger partial charge in [0.1, 0.15) is 6.61 Å². The van der Waals surface area contributed by atoms with Crippen molar-refractivity contribution < 1.29 is 14.2 Å². The normalized spacial score (nSPS) is 30.5. The van der Waals surface area contributed by atoms with E-state index in [0.29, 0.717) is 19.8 Å².